The molecule has 28 heavy (non-hydrogen) atoms. The van der Waals surface area contributed by atoms with Crippen molar-refractivity contribution in [3.8, 4) is 23.0 Å². The molecular formula is C22H26NO5+. The van der Waals surface area contributed by atoms with Gasteiger partial charge >= 0.3 is 0 Å². The van der Waals surface area contributed by atoms with Crippen molar-refractivity contribution in [1.82, 2.24) is 0 Å². The van der Waals surface area contributed by atoms with E-state index in [1.54, 1.807) is 20.3 Å². The van der Waals surface area contributed by atoms with E-state index < -0.39 is 0 Å². The second-order valence-corrected chi connectivity index (χ2v) is 7.84. The molecule has 0 saturated carbocycles. The van der Waals surface area contributed by atoms with Gasteiger partial charge in [-0.2, -0.15) is 0 Å². The lowest BCUT2D eigenvalue weighted by atomic mass is 9.86. The van der Waals surface area contributed by atoms with Crippen LogP contribution in [0.15, 0.2) is 30.3 Å². The molecule has 6 heteroatoms. The van der Waals surface area contributed by atoms with Crippen molar-refractivity contribution in [2.24, 2.45) is 0 Å². The van der Waals surface area contributed by atoms with Crippen LogP contribution >= 0.6 is 0 Å². The van der Waals surface area contributed by atoms with Crippen molar-refractivity contribution in [1.29, 1.82) is 0 Å². The summed E-state index contributed by atoms with van der Waals surface area (Å²) in [5.41, 5.74) is 2.88. The Kier molecular flexibility index (Phi) is 4.67. The normalized spacial score (nSPS) is 19.1. The van der Waals surface area contributed by atoms with E-state index in [9.17, 15) is 4.79 Å². The molecule has 0 aromatic heterocycles. The first kappa shape index (κ1) is 18.6. The summed E-state index contributed by atoms with van der Waals surface area (Å²) in [6.45, 7) is 1.13. The van der Waals surface area contributed by atoms with E-state index >= 15 is 0 Å². The highest BCUT2D eigenvalue weighted by Gasteiger charge is 2.42. The maximum Gasteiger partial charge on any atom is 0.231 e. The number of benzene rings is 2. The average molecular weight is 384 g/mol. The van der Waals surface area contributed by atoms with Crippen LogP contribution in [0.3, 0.4) is 0 Å². The fourth-order valence-corrected chi connectivity index (χ4v) is 4.21. The van der Waals surface area contributed by atoms with Gasteiger partial charge in [-0.1, -0.05) is 12.1 Å². The molecule has 148 valence electrons. The van der Waals surface area contributed by atoms with Gasteiger partial charge in [-0.05, 0) is 23.8 Å². The lowest BCUT2D eigenvalue weighted by molar-refractivity contribution is -0.922. The van der Waals surface area contributed by atoms with Gasteiger partial charge in [0.2, 0.25) is 12.5 Å². The molecule has 1 atom stereocenters. The predicted molar refractivity (Wildman–Crippen MR) is 104 cm³/mol. The molecular weight excluding hydrogens is 358 g/mol. The minimum atomic E-state index is -0.0353. The number of methoxy groups -OCH3 is 2. The SMILES string of the molecule is COc1cccc(C(=O)C[C@H]2c3c(cc4c(c3OC)OCO4)CC[N+]2(C)C)c1. The molecule has 2 aliphatic rings. The summed E-state index contributed by atoms with van der Waals surface area (Å²) >= 11 is 0. The minimum Gasteiger partial charge on any atom is -0.497 e. The fourth-order valence-electron chi connectivity index (χ4n) is 4.21. The van der Waals surface area contributed by atoms with Gasteiger partial charge in [0.15, 0.2) is 17.3 Å². The Morgan fingerprint density at radius 3 is 2.75 bits per heavy atom. The number of ether oxygens (including phenoxy) is 4. The summed E-state index contributed by atoms with van der Waals surface area (Å²) < 4.78 is 23.0. The second-order valence-electron chi connectivity index (χ2n) is 7.84. The molecule has 0 amide bonds. The van der Waals surface area contributed by atoms with Crippen LogP contribution in [-0.2, 0) is 6.42 Å². The number of nitrogens with zero attached hydrogens (tertiary/aromatic N) is 1. The number of quaternary nitrogens is 1. The van der Waals surface area contributed by atoms with Crippen LogP contribution in [-0.4, -0.2) is 51.9 Å². The van der Waals surface area contributed by atoms with Crippen molar-refractivity contribution in [3.05, 3.63) is 47.0 Å². The van der Waals surface area contributed by atoms with E-state index in [4.69, 9.17) is 18.9 Å². The largest absolute Gasteiger partial charge is 0.497 e. The molecule has 0 saturated heterocycles. The standard InChI is InChI=1S/C22H26NO5/c1-23(2)9-8-15-11-19-21(28-13-27-19)22(26-4)20(15)17(23)12-18(24)14-6-5-7-16(10-14)25-3/h5-7,10-11,17H,8-9,12-13H2,1-4H3/q+1/t17-/m0/s1. The molecule has 2 heterocycles. The zero-order valence-electron chi connectivity index (χ0n) is 16.8. The van der Waals surface area contributed by atoms with Gasteiger partial charge in [0.1, 0.15) is 11.8 Å². The van der Waals surface area contributed by atoms with Crippen molar-refractivity contribution in [2.75, 3.05) is 41.7 Å². The first-order valence-electron chi connectivity index (χ1n) is 9.44. The first-order valence-corrected chi connectivity index (χ1v) is 9.44. The number of fused-ring (bicyclic) bond motifs is 2. The van der Waals surface area contributed by atoms with Crippen LogP contribution in [0.1, 0.15) is 33.9 Å². The summed E-state index contributed by atoms with van der Waals surface area (Å²) in [4.78, 5) is 13.1. The minimum absolute atomic E-state index is 0.0353. The topological polar surface area (TPSA) is 54.0 Å². The zero-order chi connectivity index (χ0) is 19.9. The van der Waals surface area contributed by atoms with E-state index in [0.717, 1.165) is 24.3 Å². The van der Waals surface area contributed by atoms with E-state index in [0.29, 0.717) is 33.7 Å². The summed E-state index contributed by atoms with van der Waals surface area (Å²) in [5, 5.41) is 0. The van der Waals surface area contributed by atoms with Gasteiger partial charge in [-0.15, -0.1) is 0 Å². The van der Waals surface area contributed by atoms with Gasteiger partial charge in [0.05, 0.1) is 46.8 Å². The zero-order valence-corrected chi connectivity index (χ0v) is 16.8. The maximum absolute atomic E-state index is 13.1. The van der Waals surface area contributed by atoms with E-state index in [2.05, 4.69) is 14.1 Å². The first-order chi connectivity index (χ1) is 13.4. The second kappa shape index (κ2) is 7.02. The number of Topliss-reactive ketones (excluding diaryl/α,β-unsaturated/α-hetero) is 1. The van der Waals surface area contributed by atoms with Crippen molar-refractivity contribution >= 4 is 5.78 Å². The Balaban J connectivity index is 1.75. The van der Waals surface area contributed by atoms with Crippen molar-refractivity contribution in [2.45, 2.75) is 18.9 Å². The lowest BCUT2D eigenvalue weighted by Crippen LogP contribution is -2.48. The Labute approximate surface area is 165 Å². The van der Waals surface area contributed by atoms with Crippen molar-refractivity contribution in [3.63, 3.8) is 0 Å². The maximum atomic E-state index is 13.1. The quantitative estimate of drug-likeness (QED) is 0.584. The van der Waals surface area contributed by atoms with E-state index in [1.807, 2.05) is 24.3 Å². The summed E-state index contributed by atoms with van der Waals surface area (Å²) in [5.74, 6) is 2.83. The Morgan fingerprint density at radius 2 is 2.00 bits per heavy atom. The van der Waals surface area contributed by atoms with Crippen LogP contribution in [0.2, 0.25) is 0 Å². The molecule has 0 N–H and O–H groups in total. The molecule has 2 aliphatic heterocycles. The molecule has 0 unspecified atom stereocenters. The fraction of sp³-hybridized carbons (Fsp3) is 0.409. The Hall–Kier alpha value is -2.73. The lowest BCUT2D eigenvalue weighted by Gasteiger charge is -2.43. The Bertz CT molecular complexity index is 921. The van der Waals surface area contributed by atoms with Crippen LogP contribution in [0, 0.1) is 0 Å². The van der Waals surface area contributed by atoms with Crippen LogP contribution in [0.4, 0.5) is 0 Å². The monoisotopic (exact) mass is 384 g/mol. The van der Waals surface area contributed by atoms with Gasteiger partial charge in [0, 0.05) is 12.0 Å². The van der Waals surface area contributed by atoms with E-state index in [-0.39, 0.29) is 18.6 Å². The van der Waals surface area contributed by atoms with E-state index in [1.165, 1.54) is 5.56 Å². The number of likely N-dealkylation sites (N-methyl/N-ethyl adjacent to an activating group) is 1. The number of ketones is 1. The molecule has 0 radical (unpaired) electrons. The van der Waals surface area contributed by atoms with Crippen LogP contribution in [0.25, 0.3) is 0 Å². The molecule has 2 aromatic rings. The number of carbonyl (C=O) groups excluding carboxylic acids is 1. The summed E-state index contributed by atoms with van der Waals surface area (Å²) in [7, 11) is 7.58. The molecule has 0 bridgehead atoms. The molecule has 2 aromatic carbocycles. The predicted octanol–water partition coefficient (Wildman–Crippen LogP) is 3.38. The highest BCUT2D eigenvalue weighted by atomic mass is 16.7. The number of rotatable bonds is 5. The van der Waals surface area contributed by atoms with Gasteiger partial charge in [0.25, 0.3) is 0 Å². The number of hydrogen-bond donors (Lipinski definition) is 0. The van der Waals surface area contributed by atoms with Crippen molar-refractivity contribution < 1.29 is 28.2 Å². The smallest absolute Gasteiger partial charge is 0.231 e. The third-order valence-electron chi connectivity index (χ3n) is 5.85. The van der Waals surface area contributed by atoms with Gasteiger partial charge in [-0.25, -0.2) is 0 Å². The highest BCUT2D eigenvalue weighted by molar-refractivity contribution is 5.97. The summed E-state index contributed by atoms with van der Waals surface area (Å²) in [6.07, 6.45) is 1.28. The molecule has 0 aliphatic carbocycles. The third kappa shape index (κ3) is 3.07. The van der Waals surface area contributed by atoms with Gasteiger partial charge in [-0.3, -0.25) is 4.79 Å². The average Bonchev–Trinajstić information content (AvgIpc) is 3.16. The third-order valence-corrected chi connectivity index (χ3v) is 5.85. The van der Waals surface area contributed by atoms with Crippen LogP contribution in [0.5, 0.6) is 23.0 Å². The molecule has 0 fully saturated rings. The Morgan fingerprint density at radius 1 is 1.18 bits per heavy atom. The highest BCUT2D eigenvalue weighted by Crippen LogP contribution is 2.51. The van der Waals surface area contributed by atoms with Gasteiger partial charge < -0.3 is 23.4 Å². The molecule has 0 spiro atoms. The molecule has 4 rings (SSSR count). The summed E-state index contributed by atoms with van der Waals surface area (Å²) in [6, 6.07) is 9.33. The number of carbonyl (C=O) groups is 1. The molecule has 6 nitrogen and oxygen atoms in total. The van der Waals surface area contributed by atoms with Crippen LogP contribution < -0.4 is 18.9 Å². The number of hydrogen-bond acceptors (Lipinski definition) is 5.